The maximum atomic E-state index is 10.2. The third-order valence-electron chi connectivity index (χ3n) is 7.20. The summed E-state index contributed by atoms with van der Waals surface area (Å²) in [6.45, 7) is 10.1. The lowest BCUT2D eigenvalue weighted by Gasteiger charge is -1.92. The van der Waals surface area contributed by atoms with Crippen molar-refractivity contribution in [2.45, 2.75) is 48.0 Å². The number of rotatable bonds is 4. The molecule has 7 rings (SSSR count). The second-order valence-electron chi connectivity index (χ2n) is 12.7. The van der Waals surface area contributed by atoms with Gasteiger partial charge in [0.1, 0.15) is 0 Å². The van der Waals surface area contributed by atoms with Gasteiger partial charge in [-0.25, -0.2) is 0 Å². The Labute approximate surface area is 413 Å². The minimum atomic E-state index is -0.417. The summed E-state index contributed by atoms with van der Waals surface area (Å²) in [6, 6.07) is 65.6. The van der Waals surface area contributed by atoms with E-state index >= 15 is 0 Å². The minimum Gasteiger partial charge on any atom is -0.258 e. The van der Waals surface area contributed by atoms with E-state index in [0.29, 0.717) is 17.5 Å². The van der Waals surface area contributed by atoms with Crippen LogP contribution in [0.15, 0.2) is 200 Å². The maximum absolute atomic E-state index is 10.2. The van der Waals surface area contributed by atoms with Crippen molar-refractivity contribution < 1.29 is 19.7 Å². The normalized spacial score (nSPS) is 8.10. The van der Waals surface area contributed by atoms with Gasteiger partial charge in [-0.2, -0.15) is 21.0 Å². The zero-order valence-electron chi connectivity index (χ0n) is 39.5. The van der Waals surface area contributed by atoms with Gasteiger partial charge in [-0.1, -0.05) is 158 Å². The highest BCUT2D eigenvalue weighted by Crippen LogP contribution is 2.15. The molecule has 7 aromatic carbocycles. The smallest absolute Gasteiger partial charge is 0.258 e. The Balaban J connectivity index is -0.000000728. The van der Waals surface area contributed by atoms with Crippen molar-refractivity contribution in [2.24, 2.45) is 0 Å². The Morgan fingerprint density at radius 1 is 0.443 bits per heavy atom. The average molecular weight is 966 g/mol. The Hall–Kier alpha value is -9.61. The summed E-state index contributed by atoms with van der Waals surface area (Å²) in [5.41, 5.74) is 3.98. The Morgan fingerprint density at radius 3 is 1.06 bits per heavy atom. The Morgan fingerprint density at radius 2 is 0.786 bits per heavy atom. The van der Waals surface area contributed by atoms with Crippen molar-refractivity contribution in [2.75, 3.05) is 0 Å². The molecule has 0 fully saturated rings. The van der Waals surface area contributed by atoms with Crippen LogP contribution in [0.1, 0.15) is 49.4 Å². The van der Waals surface area contributed by atoms with Crippen LogP contribution >= 0.6 is 11.6 Å². The summed E-state index contributed by atoms with van der Waals surface area (Å²) >= 11 is 5.54. The highest BCUT2D eigenvalue weighted by Gasteiger charge is 2.06. The number of nitro groups is 4. The van der Waals surface area contributed by atoms with Gasteiger partial charge in [0, 0.05) is 73.3 Å². The molecule has 0 radical (unpaired) electrons. The van der Waals surface area contributed by atoms with Gasteiger partial charge in [0.2, 0.25) is 0 Å². The molecule has 0 unspecified atom stereocenters. The SMILES string of the molecule is CC#N.CC#N.CCC#N.Cc1ccc([N+](=O)[O-])cc1.Cc1cccc([N+](=O)[O-])c1.Cc1ccccc1[N+](=O)[O-].Clc1ccccc1.N#Cc1ccccc1.O=[N+]([O-])c1ccccc1.c1ccccc1. The van der Waals surface area contributed by atoms with Crippen molar-refractivity contribution in [3.05, 3.63) is 268 Å². The first-order valence-electron chi connectivity index (χ1n) is 20.5. The third kappa shape index (κ3) is 38.8. The lowest BCUT2D eigenvalue weighted by Crippen LogP contribution is -1.89. The van der Waals surface area contributed by atoms with Crippen LogP contribution in [0.25, 0.3) is 0 Å². The molecule has 16 nitrogen and oxygen atoms in total. The molecule has 0 spiro atoms. The quantitative estimate of drug-likeness (QED) is 0.118. The molecule has 0 heterocycles. The average Bonchev–Trinajstić information content (AvgIpc) is 3.37. The summed E-state index contributed by atoms with van der Waals surface area (Å²) in [6.07, 6.45) is 0.625. The molecule has 360 valence electrons. The van der Waals surface area contributed by atoms with Crippen molar-refractivity contribution >= 4 is 34.4 Å². The van der Waals surface area contributed by atoms with Crippen molar-refractivity contribution in [3.8, 4) is 24.3 Å². The fourth-order valence-electron chi connectivity index (χ4n) is 4.04. The van der Waals surface area contributed by atoms with E-state index < -0.39 is 14.8 Å². The molecule has 0 aliphatic heterocycles. The number of halogens is 1. The van der Waals surface area contributed by atoms with Crippen LogP contribution in [0.2, 0.25) is 5.02 Å². The predicted octanol–water partition coefficient (Wildman–Crippen LogP) is 14.9. The molecule has 0 amide bonds. The standard InChI is InChI=1S/3C7H7NO2.C7H5N.C6H5Cl.C6H5NO2.C6H6.C3H5N.2C2H3N/c1-6-2-4-7(5-3-6)8(9)10;1-6-3-2-4-7(5-6)8(9)10;1-6-4-2-3-5-7(6)8(9)10;8-6-7-4-2-1-3-5-7;7-6-4-2-1-3-5-6;8-7(9)6-4-2-1-3-5-6;1-2-4-6-5-3-1;1-2-3-4;2*1-2-3/h3*2-5H,1H3;1-5H;1-5H;1-5H;1-6H;2H2,1H3;2*1H3. The Bertz CT molecular complexity index is 2620. The molecule has 0 saturated carbocycles. The largest absolute Gasteiger partial charge is 0.272 e. The number of aryl methyl sites for hydroxylation is 3. The molecular formula is C53H53ClN8O8. The van der Waals surface area contributed by atoms with E-state index in [2.05, 4.69) is 0 Å². The number of para-hydroxylation sites is 2. The van der Waals surface area contributed by atoms with Gasteiger partial charge >= 0.3 is 0 Å². The molecule has 0 aliphatic carbocycles. The van der Waals surface area contributed by atoms with Crippen LogP contribution in [0.5, 0.6) is 0 Å². The van der Waals surface area contributed by atoms with Crippen molar-refractivity contribution in [1.82, 2.24) is 0 Å². The fraction of sp³-hybridized carbons (Fsp3) is 0.132. The van der Waals surface area contributed by atoms with Gasteiger partial charge in [0.15, 0.2) is 0 Å². The predicted molar refractivity (Wildman–Crippen MR) is 274 cm³/mol. The van der Waals surface area contributed by atoms with Gasteiger partial charge in [0.05, 0.1) is 49.5 Å². The number of benzene rings is 7. The van der Waals surface area contributed by atoms with E-state index in [9.17, 15) is 40.5 Å². The van der Waals surface area contributed by atoms with E-state index in [1.54, 1.807) is 91.9 Å². The molecule has 0 atom stereocenters. The molecule has 0 saturated heterocycles. The molecule has 70 heavy (non-hydrogen) atoms. The monoisotopic (exact) mass is 964 g/mol. The number of non-ortho nitro benzene ring substituents is 3. The molecule has 0 aliphatic rings. The third-order valence-corrected chi connectivity index (χ3v) is 7.45. The first-order valence-corrected chi connectivity index (χ1v) is 20.8. The number of nitriles is 4. The zero-order valence-corrected chi connectivity index (χ0v) is 40.2. The summed E-state index contributed by atoms with van der Waals surface area (Å²) < 4.78 is 0. The van der Waals surface area contributed by atoms with E-state index in [-0.39, 0.29) is 27.7 Å². The summed E-state index contributed by atoms with van der Waals surface area (Å²) in [4.78, 5) is 38.9. The van der Waals surface area contributed by atoms with E-state index in [0.717, 1.165) is 16.1 Å². The van der Waals surface area contributed by atoms with Crippen LogP contribution in [-0.2, 0) is 0 Å². The first kappa shape index (κ1) is 64.7. The minimum absolute atomic E-state index is 0.137. The Kier molecular flexibility index (Phi) is 41.2. The number of nitro benzene ring substituents is 4. The van der Waals surface area contributed by atoms with Gasteiger partial charge in [-0.3, -0.25) is 40.5 Å². The molecular weight excluding hydrogens is 912 g/mol. The van der Waals surface area contributed by atoms with Gasteiger partial charge in [0.25, 0.3) is 22.7 Å². The number of nitrogens with zero attached hydrogens (tertiary/aromatic N) is 8. The van der Waals surface area contributed by atoms with E-state index in [1.165, 1.54) is 50.2 Å². The van der Waals surface area contributed by atoms with Crippen LogP contribution in [0, 0.1) is 107 Å². The number of hydrogen-bond acceptors (Lipinski definition) is 12. The summed E-state index contributed by atoms with van der Waals surface area (Å²) in [5.74, 6) is 0. The molecule has 0 bridgehead atoms. The topological polar surface area (TPSA) is 268 Å². The van der Waals surface area contributed by atoms with Crippen LogP contribution < -0.4 is 0 Å². The zero-order chi connectivity index (χ0) is 53.4. The van der Waals surface area contributed by atoms with Crippen LogP contribution in [0.3, 0.4) is 0 Å². The lowest BCUT2D eigenvalue weighted by molar-refractivity contribution is -0.385. The molecule has 7 aromatic rings. The van der Waals surface area contributed by atoms with Crippen LogP contribution in [-0.4, -0.2) is 19.7 Å². The summed E-state index contributed by atoms with van der Waals surface area (Å²) in [7, 11) is 0. The van der Waals surface area contributed by atoms with E-state index in [4.69, 9.17) is 32.6 Å². The van der Waals surface area contributed by atoms with Gasteiger partial charge in [-0.15, -0.1) is 0 Å². The molecule has 17 heteroatoms. The molecule has 0 N–H and O–H groups in total. The highest BCUT2D eigenvalue weighted by atomic mass is 35.5. The first-order chi connectivity index (χ1) is 33.5. The van der Waals surface area contributed by atoms with Gasteiger partial charge < -0.3 is 0 Å². The number of hydrogen-bond donors (Lipinski definition) is 0. The van der Waals surface area contributed by atoms with Crippen molar-refractivity contribution in [3.63, 3.8) is 0 Å². The van der Waals surface area contributed by atoms with E-state index in [1.807, 2.05) is 124 Å². The summed E-state index contributed by atoms with van der Waals surface area (Å²) in [5, 5.41) is 71.9. The second kappa shape index (κ2) is 44.6. The highest BCUT2D eigenvalue weighted by molar-refractivity contribution is 6.30. The van der Waals surface area contributed by atoms with Gasteiger partial charge in [-0.05, 0) is 50.6 Å². The maximum Gasteiger partial charge on any atom is 0.272 e. The fourth-order valence-corrected chi connectivity index (χ4v) is 4.18. The lowest BCUT2D eigenvalue weighted by atomic mass is 10.2. The van der Waals surface area contributed by atoms with Crippen molar-refractivity contribution in [1.29, 1.82) is 21.0 Å². The molecule has 0 aromatic heterocycles. The van der Waals surface area contributed by atoms with Crippen LogP contribution in [0.4, 0.5) is 22.7 Å². The second-order valence-corrected chi connectivity index (χ2v) is 13.1.